The summed E-state index contributed by atoms with van der Waals surface area (Å²) < 4.78 is 11.5. The first kappa shape index (κ1) is 19.0. The molecule has 29 heavy (non-hydrogen) atoms. The Balaban J connectivity index is 1.66. The number of rotatable bonds is 5. The zero-order valence-electron chi connectivity index (χ0n) is 16.5. The first-order chi connectivity index (χ1) is 14.2. The Kier molecular flexibility index (Phi) is 5.75. The molecule has 0 radical (unpaired) electrons. The monoisotopic (exact) mass is 388 g/mol. The standard InChI is InChI=1S/C24H24N2O3/c1-18(20-8-3-2-4-9-20)26(17-19-7-5-12-25-16-19)24(27)21-10-11-22-23(15-21)29-14-6-13-28-22/h2-5,7-12,15-16,18H,6,13-14,17H2,1H3. The van der Waals surface area contributed by atoms with Crippen LogP contribution in [0, 0.1) is 0 Å². The van der Waals surface area contributed by atoms with Crippen molar-refractivity contribution in [3.05, 3.63) is 89.7 Å². The lowest BCUT2D eigenvalue weighted by Gasteiger charge is -2.30. The molecule has 1 unspecified atom stereocenters. The zero-order chi connectivity index (χ0) is 20.1. The molecule has 0 saturated heterocycles. The Morgan fingerprint density at radius 3 is 2.59 bits per heavy atom. The molecule has 1 amide bonds. The molecule has 1 aliphatic heterocycles. The molecule has 2 aromatic carbocycles. The number of benzene rings is 2. The lowest BCUT2D eigenvalue weighted by atomic mass is 10.0. The Hall–Kier alpha value is -3.34. The maximum Gasteiger partial charge on any atom is 0.254 e. The maximum absolute atomic E-state index is 13.5. The minimum atomic E-state index is -0.0973. The number of hydrogen-bond donors (Lipinski definition) is 0. The number of aromatic nitrogens is 1. The zero-order valence-corrected chi connectivity index (χ0v) is 16.5. The molecule has 0 bridgehead atoms. The van der Waals surface area contributed by atoms with Crippen LogP contribution in [0.1, 0.15) is 40.9 Å². The van der Waals surface area contributed by atoms with Crippen LogP contribution in [-0.2, 0) is 6.54 Å². The van der Waals surface area contributed by atoms with E-state index in [0.717, 1.165) is 17.5 Å². The summed E-state index contributed by atoms with van der Waals surface area (Å²) in [4.78, 5) is 19.6. The van der Waals surface area contributed by atoms with Crippen molar-refractivity contribution in [2.24, 2.45) is 0 Å². The Morgan fingerprint density at radius 1 is 1.03 bits per heavy atom. The van der Waals surface area contributed by atoms with Crippen LogP contribution in [0.15, 0.2) is 73.1 Å². The molecule has 1 atom stereocenters. The highest BCUT2D eigenvalue weighted by atomic mass is 16.5. The maximum atomic E-state index is 13.5. The number of nitrogens with zero attached hydrogens (tertiary/aromatic N) is 2. The Bertz CT molecular complexity index is 960. The van der Waals surface area contributed by atoms with Gasteiger partial charge in [0.25, 0.3) is 5.91 Å². The van der Waals surface area contributed by atoms with Gasteiger partial charge in [-0.15, -0.1) is 0 Å². The number of amides is 1. The van der Waals surface area contributed by atoms with Crippen molar-refractivity contribution in [2.75, 3.05) is 13.2 Å². The fourth-order valence-corrected chi connectivity index (χ4v) is 3.45. The molecule has 3 aromatic rings. The number of pyridine rings is 1. The van der Waals surface area contributed by atoms with Crippen molar-refractivity contribution in [1.29, 1.82) is 0 Å². The van der Waals surface area contributed by atoms with Gasteiger partial charge in [-0.25, -0.2) is 0 Å². The number of ether oxygens (including phenoxy) is 2. The quantitative estimate of drug-likeness (QED) is 0.639. The summed E-state index contributed by atoms with van der Waals surface area (Å²) >= 11 is 0. The van der Waals surface area contributed by atoms with Gasteiger partial charge >= 0.3 is 0 Å². The average molecular weight is 388 g/mol. The van der Waals surface area contributed by atoms with Crippen molar-refractivity contribution in [2.45, 2.75) is 25.9 Å². The molecule has 2 heterocycles. The summed E-state index contributed by atoms with van der Waals surface area (Å²) in [7, 11) is 0. The van der Waals surface area contributed by atoms with E-state index >= 15 is 0 Å². The number of fused-ring (bicyclic) bond motifs is 1. The van der Waals surface area contributed by atoms with Gasteiger partial charge in [-0.2, -0.15) is 0 Å². The predicted molar refractivity (Wildman–Crippen MR) is 111 cm³/mol. The van der Waals surface area contributed by atoms with Gasteiger partial charge in [0.05, 0.1) is 19.3 Å². The molecule has 0 fully saturated rings. The molecule has 5 nitrogen and oxygen atoms in total. The fourth-order valence-electron chi connectivity index (χ4n) is 3.45. The SMILES string of the molecule is CC(c1ccccc1)N(Cc1cccnc1)C(=O)c1ccc2c(c1)OCCCO2. The predicted octanol–water partition coefficient (Wildman–Crippen LogP) is 4.65. The second-order valence-electron chi connectivity index (χ2n) is 7.09. The third kappa shape index (κ3) is 4.40. The highest BCUT2D eigenvalue weighted by Gasteiger charge is 2.24. The number of carbonyl (C=O) groups excluding carboxylic acids is 1. The topological polar surface area (TPSA) is 51.7 Å². The van der Waals surface area contributed by atoms with Gasteiger partial charge in [0, 0.05) is 30.9 Å². The van der Waals surface area contributed by atoms with Gasteiger partial charge in [-0.1, -0.05) is 36.4 Å². The van der Waals surface area contributed by atoms with Gasteiger partial charge in [0.1, 0.15) is 0 Å². The van der Waals surface area contributed by atoms with Crippen LogP contribution in [0.25, 0.3) is 0 Å². The van der Waals surface area contributed by atoms with E-state index in [1.807, 2.05) is 66.4 Å². The average Bonchev–Trinajstić information content (AvgIpc) is 3.03. The van der Waals surface area contributed by atoms with E-state index in [0.29, 0.717) is 36.8 Å². The third-order valence-corrected chi connectivity index (χ3v) is 5.08. The summed E-state index contributed by atoms with van der Waals surface area (Å²) in [5.74, 6) is 1.26. The second kappa shape index (κ2) is 8.78. The van der Waals surface area contributed by atoms with Crippen molar-refractivity contribution in [3.63, 3.8) is 0 Å². The van der Waals surface area contributed by atoms with Crippen LogP contribution in [-0.4, -0.2) is 29.0 Å². The molecule has 0 aliphatic carbocycles. The Morgan fingerprint density at radius 2 is 1.83 bits per heavy atom. The van der Waals surface area contributed by atoms with Crippen molar-refractivity contribution in [3.8, 4) is 11.5 Å². The van der Waals surface area contributed by atoms with E-state index in [1.165, 1.54) is 0 Å². The van der Waals surface area contributed by atoms with Gasteiger partial charge in [0.15, 0.2) is 11.5 Å². The molecular formula is C24H24N2O3. The molecule has 148 valence electrons. The van der Waals surface area contributed by atoms with E-state index in [1.54, 1.807) is 18.5 Å². The summed E-state index contributed by atoms with van der Waals surface area (Å²) in [6.07, 6.45) is 4.36. The molecular weight excluding hydrogens is 364 g/mol. The van der Waals surface area contributed by atoms with E-state index in [4.69, 9.17) is 9.47 Å². The van der Waals surface area contributed by atoms with Crippen molar-refractivity contribution < 1.29 is 14.3 Å². The first-order valence-electron chi connectivity index (χ1n) is 9.87. The molecule has 0 spiro atoms. The lowest BCUT2D eigenvalue weighted by Crippen LogP contribution is -2.33. The van der Waals surface area contributed by atoms with Crippen LogP contribution in [0.4, 0.5) is 0 Å². The minimum Gasteiger partial charge on any atom is -0.490 e. The molecule has 1 aliphatic rings. The van der Waals surface area contributed by atoms with Gasteiger partial charge in [-0.3, -0.25) is 9.78 Å². The van der Waals surface area contributed by atoms with Crippen molar-refractivity contribution in [1.82, 2.24) is 9.88 Å². The van der Waals surface area contributed by atoms with Crippen molar-refractivity contribution >= 4 is 5.91 Å². The summed E-state index contributed by atoms with van der Waals surface area (Å²) in [5, 5.41) is 0. The highest BCUT2D eigenvalue weighted by molar-refractivity contribution is 5.95. The normalized spacial score (nSPS) is 14.0. The highest BCUT2D eigenvalue weighted by Crippen LogP contribution is 2.32. The van der Waals surface area contributed by atoms with Gasteiger partial charge < -0.3 is 14.4 Å². The lowest BCUT2D eigenvalue weighted by molar-refractivity contribution is 0.0673. The molecule has 4 rings (SSSR count). The number of carbonyl (C=O) groups is 1. The fraction of sp³-hybridized carbons (Fsp3) is 0.250. The molecule has 5 heteroatoms. The molecule has 0 N–H and O–H groups in total. The molecule has 1 aromatic heterocycles. The van der Waals surface area contributed by atoms with E-state index in [9.17, 15) is 4.79 Å². The summed E-state index contributed by atoms with van der Waals surface area (Å²) in [6.45, 7) is 3.73. The first-order valence-corrected chi connectivity index (χ1v) is 9.87. The van der Waals surface area contributed by atoms with E-state index in [-0.39, 0.29) is 11.9 Å². The third-order valence-electron chi connectivity index (χ3n) is 5.08. The molecule has 0 saturated carbocycles. The van der Waals surface area contributed by atoms with E-state index in [2.05, 4.69) is 4.98 Å². The van der Waals surface area contributed by atoms with E-state index < -0.39 is 0 Å². The number of hydrogen-bond acceptors (Lipinski definition) is 4. The van der Waals surface area contributed by atoms with Gasteiger partial charge in [-0.05, 0) is 42.3 Å². The summed E-state index contributed by atoms with van der Waals surface area (Å²) in [5.41, 5.74) is 2.65. The second-order valence-corrected chi connectivity index (χ2v) is 7.09. The largest absolute Gasteiger partial charge is 0.490 e. The van der Waals surface area contributed by atoms with Crippen LogP contribution < -0.4 is 9.47 Å². The van der Waals surface area contributed by atoms with Crippen LogP contribution in [0.5, 0.6) is 11.5 Å². The van der Waals surface area contributed by atoms with Gasteiger partial charge in [0.2, 0.25) is 0 Å². The minimum absolute atomic E-state index is 0.0548. The van der Waals surface area contributed by atoms with Crippen LogP contribution in [0.3, 0.4) is 0 Å². The smallest absolute Gasteiger partial charge is 0.254 e. The Labute approximate surface area is 170 Å². The van der Waals surface area contributed by atoms with Crippen LogP contribution >= 0.6 is 0 Å². The van der Waals surface area contributed by atoms with Crippen LogP contribution in [0.2, 0.25) is 0 Å². The summed E-state index contributed by atoms with van der Waals surface area (Å²) in [6, 6.07) is 19.2.